The standard InChI is InChI=1S/C16H19ClN4/c1-12-5-6-15(18)16(19-12)21-9-7-20(8-10-21)14-4-2-3-13(17)11-14/h2-6,11H,7-10,18H2,1H3. The number of nitrogens with two attached hydrogens (primary N) is 1. The van der Waals surface area contributed by atoms with Gasteiger partial charge in [0.05, 0.1) is 5.69 Å². The highest BCUT2D eigenvalue weighted by Gasteiger charge is 2.20. The minimum absolute atomic E-state index is 0.747. The summed E-state index contributed by atoms with van der Waals surface area (Å²) in [7, 11) is 0. The molecule has 3 rings (SSSR count). The van der Waals surface area contributed by atoms with Crippen LogP contribution >= 0.6 is 11.6 Å². The van der Waals surface area contributed by atoms with Crippen LogP contribution in [0.2, 0.25) is 5.02 Å². The molecule has 0 saturated carbocycles. The molecule has 0 bridgehead atoms. The Morgan fingerprint density at radius 3 is 2.48 bits per heavy atom. The molecule has 21 heavy (non-hydrogen) atoms. The largest absolute Gasteiger partial charge is 0.396 e. The Morgan fingerprint density at radius 1 is 1.05 bits per heavy atom. The molecule has 0 unspecified atom stereocenters. The summed E-state index contributed by atoms with van der Waals surface area (Å²) in [5, 5.41) is 0.777. The summed E-state index contributed by atoms with van der Waals surface area (Å²) in [6, 6.07) is 11.9. The fourth-order valence-electron chi connectivity index (χ4n) is 2.66. The molecule has 0 amide bonds. The number of aryl methyl sites for hydroxylation is 1. The third kappa shape index (κ3) is 3.05. The van der Waals surface area contributed by atoms with Crippen LogP contribution in [0.1, 0.15) is 5.69 Å². The molecule has 0 spiro atoms. The fourth-order valence-corrected chi connectivity index (χ4v) is 2.84. The number of pyridine rings is 1. The second-order valence-electron chi connectivity index (χ2n) is 5.32. The number of nitrogen functional groups attached to an aromatic ring is 1. The lowest BCUT2D eigenvalue weighted by Gasteiger charge is -2.37. The van der Waals surface area contributed by atoms with Crippen molar-refractivity contribution >= 4 is 28.8 Å². The normalized spacial score (nSPS) is 15.3. The molecule has 1 fully saturated rings. The van der Waals surface area contributed by atoms with E-state index in [4.69, 9.17) is 17.3 Å². The zero-order valence-electron chi connectivity index (χ0n) is 12.1. The maximum atomic E-state index is 6.06. The van der Waals surface area contributed by atoms with E-state index in [1.54, 1.807) is 0 Å². The number of benzene rings is 1. The lowest BCUT2D eigenvalue weighted by Crippen LogP contribution is -2.47. The minimum Gasteiger partial charge on any atom is -0.396 e. The first-order valence-corrected chi connectivity index (χ1v) is 7.50. The van der Waals surface area contributed by atoms with E-state index in [9.17, 15) is 0 Å². The lowest BCUT2D eigenvalue weighted by molar-refractivity contribution is 0.647. The average Bonchev–Trinajstić information content (AvgIpc) is 2.50. The molecule has 0 aliphatic carbocycles. The lowest BCUT2D eigenvalue weighted by atomic mass is 10.2. The van der Waals surface area contributed by atoms with E-state index in [-0.39, 0.29) is 0 Å². The summed E-state index contributed by atoms with van der Waals surface area (Å²) in [5.41, 5.74) is 8.97. The van der Waals surface area contributed by atoms with Gasteiger partial charge in [0.1, 0.15) is 0 Å². The molecule has 0 atom stereocenters. The monoisotopic (exact) mass is 302 g/mol. The van der Waals surface area contributed by atoms with Gasteiger partial charge in [0, 0.05) is 42.6 Å². The van der Waals surface area contributed by atoms with Crippen LogP contribution < -0.4 is 15.5 Å². The van der Waals surface area contributed by atoms with Gasteiger partial charge in [0.25, 0.3) is 0 Å². The molecule has 110 valence electrons. The quantitative estimate of drug-likeness (QED) is 0.926. The van der Waals surface area contributed by atoms with Gasteiger partial charge in [-0.15, -0.1) is 0 Å². The Kier molecular flexibility index (Phi) is 3.88. The molecule has 1 aliphatic rings. The van der Waals surface area contributed by atoms with Crippen LogP contribution in [0.25, 0.3) is 0 Å². The molecule has 2 aromatic rings. The Labute approximate surface area is 130 Å². The van der Waals surface area contributed by atoms with Gasteiger partial charge >= 0.3 is 0 Å². The van der Waals surface area contributed by atoms with Gasteiger partial charge < -0.3 is 15.5 Å². The van der Waals surface area contributed by atoms with Gasteiger partial charge in [-0.25, -0.2) is 4.98 Å². The van der Waals surface area contributed by atoms with Crippen LogP contribution in [0.3, 0.4) is 0 Å². The van der Waals surface area contributed by atoms with Gasteiger partial charge in [0.15, 0.2) is 5.82 Å². The van der Waals surface area contributed by atoms with E-state index in [2.05, 4.69) is 20.9 Å². The second kappa shape index (κ2) is 5.82. The summed E-state index contributed by atoms with van der Waals surface area (Å²) >= 11 is 6.06. The molecule has 5 heteroatoms. The Balaban J connectivity index is 1.72. The smallest absolute Gasteiger partial charge is 0.152 e. The van der Waals surface area contributed by atoms with Gasteiger partial charge in [0.2, 0.25) is 0 Å². The SMILES string of the molecule is Cc1ccc(N)c(N2CCN(c3cccc(Cl)c3)CC2)n1. The predicted octanol–water partition coefficient (Wildman–Crippen LogP) is 2.95. The maximum absolute atomic E-state index is 6.06. The van der Waals surface area contributed by atoms with Gasteiger partial charge in [-0.3, -0.25) is 0 Å². The summed E-state index contributed by atoms with van der Waals surface area (Å²) in [4.78, 5) is 9.16. The van der Waals surface area contributed by atoms with Crippen LogP contribution in [0.4, 0.5) is 17.2 Å². The Morgan fingerprint density at radius 2 is 1.76 bits per heavy atom. The van der Waals surface area contributed by atoms with Crippen molar-refractivity contribution in [2.24, 2.45) is 0 Å². The van der Waals surface area contributed by atoms with Crippen molar-refractivity contribution in [2.75, 3.05) is 41.7 Å². The predicted molar refractivity (Wildman–Crippen MR) is 89.3 cm³/mol. The van der Waals surface area contributed by atoms with Crippen molar-refractivity contribution in [1.29, 1.82) is 0 Å². The van der Waals surface area contributed by atoms with Crippen molar-refractivity contribution in [3.63, 3.8) is 0 Å². The summed E-state index contributed by atoms with van der Waals surface area (Å²) in [6.45, 7) is 5.69. The zero-order chi connectivity index (χ0) is 14.8. The molecule has 2 N–H and O–H groups in total. The fraction of sp³-hybridized carbons (Fsp3) is 0.312. The van der Waals surface area contributed by atoms with Crippen LogP contribution in [-0.4, -0.2) is 31.2 Å². The van der Waals surface area contributed by atoms with Crippen LogP contribution in [0.5, 0.6) is 0 Å². The maximum Gasteiger partial charge on any atom is 0.152 e. The minimum atomic E-state index is 0.747. The van der Waals surface area contributed by atoms with Crippen molar-refractivity contribution in [1.82, 2.24) is 4.98 Å². The first kappa shape index (κ1) is 14.0. The van der Waals surface area contributed by atoms with E-state index in [0.29, 0.717) is 0 Å². The molecule has 1 saturated heterocycles. The van der Waals surface area contributed by atoms with Gasteiger partial charge in [-0.1, -0.05) is 17.7 Å². The number of anilines is 3. The van der Waals surface area contributed by atoms with E-state index in [1.165, 1.54) is 5.69 Å². The molecule has 1 aromatic carbocycles. The molecular weight excluding hydrogens is 284 g/mol. The van der Waals surface area contributed by atoms with Crippen molar-refractivity contribution < 1.29 is 0 Å². The molecular formula is C16H19ClN4. The average molecular weight is 303 g/mol. The third-order valence-corrected chi connectivity index (χ3v) is 4.03. The molecule has 2 heterocycles. The van der Waals surface area contributed by atoms with Crippen molar-refractivity contribution in [3.8, 4) is 0 Å². The highest BCUT2D eigenvalue weighted by atomic mass is 35.5. The Bertz CT molecular complexity index is 636. The zero-order valence-corrected chi connectivity index (χ0v) is 12.8. The molecule has 4 nitrogen and oxygen atoms in total. The Hall–Kier alpha value is -1.94. The summed E-state index contributed by atoms with van der Waals surface area (Å²) in [5.74, 6) is 0.903. The van der Waals surface area contributed by atoms with Gasteiger partial charge in [-0.2, -0.15) is 0 Å². The van der Waals surface area contributed by atoms with Crippen LogP contribution in [-0.2, 0) is 0 Å². The molecule has 0 radical (unpaired) electrons. The van der Waals surface area contributed by atoms with E-state index in [0.717, 1.165) is 48.4 Å². The number of halogens is 1. The molecule has 1 aliphatic heterocycles. The van der Waals surface area contributed by atoms with E-state index in [1.807, 2.05) is 37.3 Å². The molecule has 1 aromatic heterocycles. The van der Waals surface area contributed by atoms with E-state index < -0.39 is 0 Å². The third-order valence-electron chi connectivity index (χ3n) is 3.80. The second-order valence-corrected chi connectivity index (χ2v) is 5.76. The number of piperazine rings is 1. The number of nitrogens with zero attached hydrogens (tertiary/aromatic N) is 3. The first-order valence-electron chi connectivity index (χ1n) is 7.12. The highest BCUT2D eigenvalue weighted by Crippen LogP contribution is 2.25. The van der Waals surface area contributed by atoms with Crippen LogP contribution in [0, 0.1) is 6.92 Å². The first-order chi connectivity index (χ1) is 10.1. The number of aromatic nitrogens is 1. The number of hydrogen-bond donors (Lipinski definition) is 1. The number of rotatable bonds is 2. The number of hydrogen-bond acceptors (Lipinski definition) is 4. The van der Waals surface area contributed by atoms with E-state index >= 15 is 0 Å². The van der Waals surface area contributed by atoms with Crippen LogP contribution in [0.15, 0.2) is 36.4 Å². The van der Waals surface area contributed by atoms with Crippen molar-refractivity contribution in [2.45, 2.75) is 6.92 Å². The van der Waals surface area contributed by atoms with Gasteiger partial charge in [-0.05, 0) is 37.3 Å². The topological polar surface area (TPSA) is 45.4 Å². The summed E-state index contributed by atoms with van der Waals surface area (Å²) < 4.78 is 0. The summed E-state index contributed by atoms with van der Waals surface area (Å²) in [6.07, 6.45) is 0. The highest BCUT2D eigenvalue weighted by molar-refractivity contribution is 6.30. The van der Waals surface area contributed by atoms with Crippen molar-refractivity contribution in [3.05, 3.63) is 47.1 Å².